The molecule has 144 valence electrons. The second-order valence-electron chi connectivity index (χ2n) is 7.52. The van der Waals surface area contributed by atoms with Crippen molar-refractivity contribution < 1.29 is 4.79 Å². The fourth-order valence-corrected chi connectivity index (χ4v) is 5.60. The number of hydrogen-bond acceptors (Lipinski definition) is 6. The van der Waals surface area contributed by atoms with Gasteiger partial charge in [0.05, 0.1) is 11.6 Å². The van der Waals surface area contributed by atoms with Gasteiger partial charge in [0.2, 0.25) is 0 Å². The van der Waals surface area contributed by atoms with Crippen LogP contribution in [0.1, 0.15) is 58.4 Å². The monoisotopic (exact) mass is 395 g/mol. The minimum Gasteiger partial charge on any atom is -0.337 e. The molecule has 1 saturated heterocycles. The summed E-state index contributed by atoms with van der Waals surface area (Å²) in [5.41, 5.74) is 1.53. The number of hydrogen-bond donors (Lipinski definition) is 1. The van der Waals surface area contributed by atoms with Gasteiger partial charge < -0.3 is 9.88 Å². The molecule has 1 amide bonds. The third kappa shape index (κ3) is 3.01. The third-order valence-electron chi connectivity index (χ3n) is 5.72. The standard InChI is InChI=1S/C20H21N5O2S/c26-18-16-13-5-1-2-6-15(13)28-19(16)24-17(23-18)12-4-3-9-25(11-12)20(27)14-10-21-7-8-22-14/h7-8,10,12H,1-6,9,11H2,(H,23,24,26). The lowest BCUT2D eigenvalue weighted by Crippen LogP contribution is -2.40. The Morgan fingerprint density at radius 2 is 2.11 bits per heavy atom. The number of amides is 1. The number of nitrogens with one attached hydrogen (secondary N) is 1. The van der Waals surface area contributed by atoms with E-state index >= 15 is 0 Å². The van der Waals surface area contributed by atoms with Gasteiger partial charge in [-0.05, 0) is 44.1 Å². The number of nitrogens with zero attached hydrogens (tertiary/aromatic N) is 4. The number of piperidine rings is 1. The Kier molecular flexibility index (Phi) is 4.43. The Morgan fingerprint density at radius 3 is 2.96 bits per heavy atom. The van der Waals surface area contributed by atoms with Crippen molar-refractivity contribution in [2.45, 2.75) is 44.4 Å². The van der Waals surface area contributed by atoms with Gasteiger partial charge in [0.1, 0.15) is 16.3 Å². The normalized spacial score (nSPS) is 19.6. The molecule has 1 aliphatic carbocycles. The summed E-state index contributed by atoms with van der Waals surface area (Å²) in [5, 5.41) is 0.784. The molecular weight excluding hydrogens is 374 g/mol. The largest absolute Gasteiger partial charge is 0.337 e. The van der Waals surface area contributed by atoms with Gasteiger partial charge in [-0.3, -0.25) is 14.6 Å². The number of carbonyl (C=O) groups excluding carboxylic acids is 1. The smallest absolute Gasteiger partial charge is 0.274 e. The summed E-state index contributed by atoms with van der Waals surface area (Å²) < 4.78 is 0. The van der Waals surface area contributed by atoms with Crippen molar-refractivity contribution in [3.63, 3.8) is 0 Å². The number of aromatic nitrogens is 4. The number of thiophene rings is 1. The van der Waals surface area contributed by atoms with Crippen molar-refractivity contribution in [1.82, 2.24) is 24.8 Å². The van der Waals surface area contributed by atoms with Crippen LogP contribution in [0.3, 0.4) is 0 Å². The predicted molar refractivity (Wildman–Crippen MR) is 107 cm³/mol. The summed E-state index contributed by atoms with van der Waals surface area (Å²) >= 11 is 1.67. The molecule has 28 heavy (non-hydrogen) atoms. The second kappa shape index (κ2) is 7.09. The fraction of sp³-hybridized carbons (Fsp3) is 0.450. The lowest BCUT2D eigenvalue weighted by atomic mass is 9.96. The Bertz CT molecular complexity index is 1090. The van der Waals surface area contributed by atoms with E-state index in [1.54, 1.807) is 22.4 Å². The number of aryl methyl sites for hydroxylation is 2. The summed E-state index contributed by atoms with van der Waals surface area (Å²) in [4.78, 5) is 45.5. The highest BCUT2D eigenvalue weighted by Crippen LogP contribution is 2.34. The summed E-state index contributed by atoms with van der Waals surface area (Å²) in [6.07, 6.45) is 10.7. The van der Waals surface area contributed by atoms with Crippen molar-refractivity contribution >= 4 is 27.5 Å². The van der Waals surface area contributed by atoms with E-state index in [4.69, 9.17) is 4.98 Å². The summed E-state index contributed by atoms with van der Waals surface area (Å²) in [7, 11) is 0. The fourth-order valence-electron chi connectivity index (χ4n) is 4.33. The summed E-state index contributed by atoms with van der Waals surface area (Å²) in [6, 6.07) is 0. The zero-order chi connectivity index (χ0) is 19.1. The number of aromatic amines is 1. The molecule has 0 bridgehead atoms. The van der Waals surface area contributed by atoms with Gasteiger partial charge in [-0.25, -0.2) is 9.97 Å². The van der Waals surface area contributed by atoms with E-state index in [1.807, 2.05) is 0 Å². The molecule has 0 spiro atoms. The van der Waals surface area contributed by atoms with E-state index in [9.17, 15) is 9.59 Å². The van der Waals surface area contributed by atoms with Gasteiger partial charge in [-0.15, -0.1) is 11.3 Å². The van der Waals surface area contributed by atoms with Crippen LogP contribution >= 0.6 is 11.3 Å². The minimum atomic E-state index is -0.118. The minimum absolute atomic E-state index is 0.0308. The summed E-state index contributed by atoms with van der Waals surface area (Å²) in [5.74, 6) is 0.617. The molecule has 8 heteroatoms. The highest BCUT2D eigenvalue weighted by Gasteiger charge is 2.29. The number of likely N-dealkylation sites (tertiary alicyclic amines) is 1. The average molecular weight is 395 g/mol. The van der Waals surface area contributed by atoms with Crippen molar-refractivity contribution in [1.29, 1.82) is 0 Å². The number of H-pyrrole nitrogens is 1. The molecule has 5 rings (SSSR count). The van der Waals surface area contributed by atoms with Crippen LogP contribution in [0.5, 0.6) is 0 Å². The molecule has 7 nitrogen and oxygen atoms in total. The molecule has 1 unspecified atom stereocenters. The number of carbonyl (C=O) groups is 1. The van der Waals surface area contributed by atoms with E-state index < -0.39 is 0 Å². The van der Waals surface area contributed by atoms with Crippen molar-refractivity contribution in [3.8, 4) is 0 Å². The van der Waals surface area contributed by atoms with Gasteiger partial charge >= 0.3 is 0 Å². The molecule has 0 saturated carbocycles. The molecule has 1 atom stereocenters. The molecular formula is C20H21N5O2S. The van der Waals surface area contributed by atoms with Crippen LogP contribution in [-0.4, -0.2) is 43.8 Å². The van der Waals surface area contributed by atoms with E-state index in [1.165, 1.54) is 29.3 Å². The van der Waals surface area contributed by atoms with Crippen LogP contribution in [0.15, 0.2) is 23.4 Å². The van der Waals surface area contributed by atoms with Crippen LogP contribution in [-0.2, 0) is 12.8 Å². The number of rotatable bonds is 2. The van der Waals surface area contributed by atoms with Gasteiger partial charge in [-0.1, -0.05) is 0 Å². The summed E-state index contributed by atoms with van der Waals surface area (Å²) in [6.45, 7) is 1.22. The Balaban J connectivity index is 1.45. The highest BCUT2D eigenvalue weighted by atomic mass is 32.1. The van der Waals surface area contributed by atoms with Crippen LogP contribution in [0, 0.1) is 0 Å². The average Bonchev–Trinajstić information content (AvgIpc) is 3.13. The van der Waals surface area contributed by atoms with Crippen LogP contribution < -0.4 is 5.56 Å². The molecule has 3 aromatic rings. The molecule has 4 heterocycles. The first-order valence-corrected chi connectivity index (χ1v) is 10.6. The van der Waals surface area contributed by atoms with Gasteiger partial charge in [0.15, 0.2) is 0 Å². The van der Waals surface area contributed by atoms with Crippen molar-refractivity contribution in [3.05, 3.63) is 50.9 Å². The first-order chi connectivity index (χ1) is 13.7. The van der Waals surface area contributed by atoms with Gasteiger partial charge in [0.25, 0.3) is 11.5 Å². The van der Waals surface area contributed by atoms with E-state index in [-0.39, 0.29) is 17.4 Å². The first-order valence-electron chi connectivity index (χ1n) is 9.80. The van der Waals surface area contributed by atoms with Crippen molar-refractivity contribution in [2.24, 2.45) is 0 Å². The van der Waals surface area contributed by atoms with E-state index in [0.29, 0.717) is 24.6 Å². The lowest BCUT2D eigenvalue weighted by Gasteiger charge is -2.31. The topological polar surface area (TPSA) is 91.8 Å². The molecule has 1 fully saturated rings. The Labute approximate surface area is 165 Å². The zero-order valence-electron chi connectivity index (χ0n) is 15.5. The molecule has 0 aromatic carbocycles. The molecule has 1 aliphatic heterocycles. The Hall–Kier alpha value is -2.61. The highest BCUT2D eigenvalue weighted by molar-refractivity contribution is 7.18. The quantitative estimate of drug-likeness (QED) is 0.720. The van der Waals surface area contributed by atoms with Crippen molar-refractivity contribution in [2.75, 3.05) is 13.1 Å². The van der Waals surface area contributed by atoms with Crippen LogP contribution in [0.2, 0.25) is 0 Å². The maximum absolute atomic E-state index is 12.8. The Morgan fingerprint density at radius 1 is 1.21 bits per heavy atom. The maximum atomic E-state index is 12.8. The lowest BCUT2D eigenvalue weighted by molar-refractivity contribution is 0.0698. The van der Waals surface area contributed by atoms with Gasteiger partial charge in [0, 0.05) is 36.3 Å². The number of fused-ring (bicyclic) bond motifs is 3. The van der Waals surface area contributed by atoms with Crippen LogP contribution in [0.25, 0.3) is 10.2 Å². The van der Waals surface area contributed by atoms with E-state index in [2.05, 4.69) is 15.0 Å². The zero-order valence-corrected chi connectivity index (χ0v) is 16.3. The van der Waals surface area contributed by atoms with Gasteiger partial charge in [-0.2, -0.15) is 0 Å². The predicted octanol–water partition coefficient (Wildman–Crippen LogP) is 2.67. The second-order valence-corrected chi connectivity index (χ2v) is 8.61. The molecule has 1 N–H and O–H groups in total. The first kappa shape index (κ1) is 17.5. The maximum Gasteiger partial charge on any atom is 0.274 e. The third-order valence-corrected chi connectivity index (χ3v) is 6.91. The molecule has 0 radical (unpaired) electrons. The van der Waals surface area contributed by atoms with Crippen LogP contribution in [0.4, 0.5) is 0 Å². The SMILES string of the molecule is O=C(c1cnccn1)N1CCCC(c2nc3sc4c(c3c(=O)[nH]2)CCCC4)C1. The molecule has 2 aliphatic rings. The van der Waals surface area contributed by atoms with E-state index in [0.717, 1.165) is 42.3 Å². The molecule has 3 aromatic heterocycles.